The lowest BCUT2D eigenvalue weighted by atomic mass is 10.1. The molecule has 0 atom stereocenters. The predicted molar refractivity (Wildman–Crippen MR) is 112 cm³/mol. The largest absolute Gasteiger partial charge is 0.362 e. The SMILES string of the molecule is Cc1cc(C)cc(NC(=S)NCCCSCc2ccccc2C)c1. The topological polar surface area (TPSA) is 24.1 Å². The van der Waals surface area contributed by atoms with E-state index in [0.29, 0.717) is 5.11 Å². The summed E-state index contributed by atoms with van der Waals surface area (Å²) in [4.78, 5) is 0. The quantitative estimate of drug-likeness (QED) is 0.523. The van der Waals surface area contributed by atoms with Gasteiger partial charge in [-0.2, -0.15) is 11.8 Å². The smallest absolute Gasteiger partial charge is 0.170 e. The maximum atomic E-state index is 5.37. The Morgan fingerprint density at radius 3 is 2.46 bits per heavy atom. The number of aryl methyl sites for hydroxylation is 3. The molecule has 0 aromatic heterocycles. The van der Waals surface area contributed by atoms with Crippen LogP contribution in [0.5, 0.6) is 0 Å². The van der Waals surface area contributed by atoms with Gasteiger partial charge in [-0.1, -0.05) is 30.3 Å². The van der Waals surface area contributed by atoms with Crippen LogP contribution in [0.1, 0.15) is 28.7 Å². The summed E-state index contributed by atoms with van der Waals surface area (Å²) < 4.78 is 0. The average Bonchev–Trinajstić information content (AvgIpc) is 2.51. The van der Waals surface area contributed by atoms with Gasteiger partial charge in [-0.15, -0.1) is 0 Å². The lowest BCUT2D eigenvalue weighted by Crippen LogP contribution is -2.29. The van der Waals surface area contributed by atoms with Crippen molar-refractivity contribution in [3.05, 3.63) is 64.7 Å². The third kappa shape index (κ3) is 6.54. The van der Waals surface area contributed by atoms with Gasteiger partial charge in [-0.3, -0.25) is 0 Å². The van der Waals surface area contributed by atoms with Gasteiger partial charge in [0.25, 0.3) is 0 Å². The zero-order valence-electron chi connectivity index (χ0n) is 14.7. The summed E-state index contributed by atoms with van der Waals surface area (Å²) in [6.45, 7) is 7.27. The Bertz CT molecular complexity index is 663. The van der Waals surface area contributed by atoms with Crippen molar-refractivity contribution in [2.24, 2.45) is 0 Å². The van der Waals surface area contributed by atoms with Crippen LogP contribution in [0.4, 0.5) is 5.69 Å². The van der Waals surface area contributed by atoms with Gasteiger partial charge < -0.3 is 10.6 Å². The Morgan fingerprint density at radius 2 is 1.75 bits per heavy atom. The van der Waals surface area contributed by atoms with Crippen LogP contribution in [0.2, 0.25) is 0 Å². The molecule has 2 nitrogen and oxygen atoms in total. The van der Waals surface area contributed by atoms with Crippen LogP contribution in [0.25, 0.3) is 0 Å². The molecule has 0 saturated carbocycles. The van der Waals surface area contributed by atoms with Gasteiger partial charge in [0.1, 0.15) is 0 Å². The molecule has 2 aromatic rings. The Balaban J connectivity index is 1.62. The van der Waals surface area contributed by atoms with E-state index in [0.717, 1.165) is 30.2 Å². The molecule has 0 radical (unpaired) electrons. The Hall–Kier alpha value is -1.52. The average molecular weight is 359 g/mol. The Morgan fingerprint density at radius 1 is 1.04 bits per heavy atom. The Kier molecular flexibility index (Phi) is 7.60. The number of hydrogen-bond acceptors (Lipinski definition) is 2. The highest BCUT2D eigenvalue weighted by Gasteiger charge is 2.00. The van der Waals surface area contributed by atoms with Crippen LogP contribution in [0.3, 0.4) is 0 Å². The fourth-order valence-electron chi connectivity index (χ4n) is 2.55. The van der Waals surface area contributed by atoms with Crippen molar-refractivity contribution in [2.45, 2.75) is 32.9 Å². The van der Waals surface area contributed by atoms with E-state index in [1.165, 1.54) is 22.3 Å². The molecule has 0 bridgehead atoms. The van der Waals surface area contributed by atoms with E-state index in [-0.39, 0.29) is 0 Å². The molecule has 0 aliphatic heterocycles. The normalized spacial score (nSPS) is 10.5. The summed E-state index contributed by atoms with van der Waals surface area (Å²) in [6.07, 6.45) is 1.10. The first-order chi connectivity index (χ1) is 11.5. The molecule has 0 amide bonds. The van der Waals surface area contributed by atoms with Crippen molar-refractivity contribution in [1.82, 2.24) is 5.32 Å². The molecule has 0 heterocycles. The van der Waals surface area contributed by atoms with Crippen molar-refractivity contribution in [1.29, 1.82) is 0 Å². The standard InChI is InChI=1S/C20H26N2S2/c1-15-11-16(2)13-19(12-15)22-20(23)21-9-6-10-24-14-18-8-5-4-7-17(18)3/h4-5,7-8,11-13H,6,9-10,14H2,1-3H3,(H2,21,22,23). The number of hydrogen-bond donors (Lipinski definition) is 2. The van der Waals surface area contributed by atoms with Gasteiger partial charge in [0, 0.05) is 18.0 Å². The van der Waals surface area contributed by atoms with E-state index in [1.807, 2.05) is 11.8 Å². The van der Waals surface area contributed by atoms with E-state index in [1.54, 1.807) is 0 Å². The van der Waals surface area contributed by atoms with Crippen molar-refractivity contribution in [3.8, 4) is 0 Å². The second kappa shape index (κ2) is 9.70. The first-order valence-electron chi connectivity index (χ1n) is 8.30. The second-order valence-electron chi connectivity index (χ2n) is 6.09. The van der Waals surface area contributed by atoms with Gasteiger partial charge in [0.2, 0.25) is 0 Å². The monoisotopic (exact) mass is 358 g/mol. The molecule has 0 spiro atoms. The fraction of sp³-hybridized carbons (Fsp3) is 0.350. The Labute approximate surface area is 155 Å². The predicted octanol–water partition coefficient (Wildman–Crippen LogP) is 5.22. The molecule has 0 unspecified atom stereocenters. The van der Waals surface area contributed by atoms with Gasteiger partial charge in [0.05, 0.1) is 0 Å². The third-order valence-corrected chi connectivity index (χ3v) is 5.09. The van der Waals surface area contributed by atoms with Crippen LogP contribution in [-0.2, 0) is 5.75 Å². The summed E-state index contributed by atoms with van der Waals surface area (Å²) in [5.74, 6) is 2.21. The summed E-state index contributed by atoms with van der Waals surface area (Å²) in [6, 6.07) is 15.0. The van der Waals surface area contributed by atoms with Crippen LogP contribution < -0.4 is 10.6 Å². The highest BCUT2D eigenvalue weighted by molar-refractivity contribution is 7.98. The lowest BCUT2D eigenvalue weighted by Gasteiger charge is -2.12. The minimum absolute atomic E-state index is 0.698. The second-order valence-corrected chi connectivity index (χ2v) is 7.60. The van der Waals surface area contributed by atoms with Crippen LogP contribution >= 0.6 is 24.0 Å². The van der Waals surface area contributed by atoms with Crippen molar-refractivity contribution in [3.63, 3.8) is 0 Å². The fourth-order valence-corrected chi connectivity index (χ4v) is 3.81. The van der Waals surface area contributed by atoms with Crippen LogP contribution in [-0.4, -0.2) is 17.4 Å². The minimum atomic E-state index is 0.698. The van der Waals surface area contributed by atoms with E-state index in [9.17, 15) is 0 Å². The van der Waals surface area contributed by atoms with Crippen LogP contribution in [0.15, 0.2) is 42.5 Å². The molecular weight excluding hydrogens is 332 g/mol. The molecule has 2 N–H and O–H groups in total. The third-order valence-electron chi connectivity index (χ3n) is 3.75. The number of anilines is 1. The highest BCUT2D eigenvalue weighted by atomic mass is 32.2. The van der Waals surface area contributed by atoms with Gasteiger partial charge in [-0.25, -0.2) is 0 Å². The summed E-state index contributed by atoms with van der Waals surface area (Å²) in [7, 11) is 0. The zero-order chi connectivity index (χ0) is 17.4. The molecule has 0 saturated heterocycles. The molecule has 0 aliphatic carbocycles. The maximum absolute atomic E-state index is 5.37. The highest BCUT2D eigenvalue weighted by Crippen LogP contribution is 2.16. The van der Waals surface area contributed by atoms with Gasteiger partial charge in [-0.05, 0) is 79.5 Å². The minimum Gasteiger partial charge on any atom is -0.362 e. The van der Waals surface area contributed by atoms with E-state index < -0.39 is 0 Å². The molecule has 4 heteroatoms. The van der Waals surface area contributed by atoms with Crippen molar-refractivity contribution in [2.75, 3.05) is 17.6 Å². The van der Waals surface area contributed by atoms with E-state index in [4.69, 9.17) is 12.2 Å². The molecule has 2 rings (SSSR count). The van der Waals surface area contributed by atoms with Crippen molar-refractivity contribution < 1.29 is 0 Å². The number of thioether (sulfide) groups is 1. The first kappa shape index (κ1) is 18.8. The molecular formula is C20H26N2S2. The molecule has 0 aliphatic rings. The first-order valence-corrected chi connectivity index (χ1v) is 9.86. The lowest BCUT2D eigenvalue weighted by molar-refractivity contribution is 0.854. The molecule has 24 heavy (non-hydrogen) atoms. The summed E-state index contributed by atoms with van der Waals surface area (Å²) >= 11 is 7.34. The summed E-state index contributed by atoms with van der Waals surface area (Å²) in [5.41, 5.74) is 6.35. The zero-order valence-corrected chi connectivity index (χ0v) is 16.3. The number of nitrogens with one attached hydrogen (secondary N) is 2. The maximum Gasteiger partial charge on any atom is 0.170 e. The number of thiocarbonyl (C=S) groups is 1. The van der Waals surface area contributed by atoms with E-state index >= 15 is 0 Å². The molecule has 2 aromatic carbocycles. The van der Waals surface area contributed by atoms with Crippen molar-refractivity contribution >= 4 is 34.8 Å². The number of benzene rings is 2. The molecule has 0 fully saturated rings. The van der Waals surface area contributed by atoms with Crippen LogP contribution in [0, 0.1) is 20.8 Å². The van der Waals surface area contributed by atoms with Gasteiger partial charge >= 0.3 is 0 Å². The van der Waals surface area contributed by atoms with Gasteiger partial charge in [0.15, 0.2) is 5.11 Å². The summed E-state index contributed by atoms with van der Waals surface area (Å²) in [5, 5.41) is 7.25. The molecule has 128 valence electrons. The number of rotatable bonds is 7. The van der Waals surface area contributed by atoms with E-state index in [2.05, 4.69) is 73.9 Å².